The van der Waals surface area contributed by atoms with Gasteiger partial charge in [0.25, 0.3) is 0 Å². The van der Waals surface area contributed by atoms with Gasteiger partial charge < -0.3 is 19.4 Å². The molecule has 1 N–H and O–H groups in total. The molecule has 1 unspecified atom stereocenters. The first kappa shape index (κ1) is 18.2. The number of aromatic nitrogens is 1. The summed E-state index contributed by atoms with van der Waals surface area (Å²) in [6.45, 7) is 6.15. The summed E-state index contributed by atoms with van der Waals surface area (Å²) >= 11 is 0. The number of nitrogens with one attached hydrogen (secondary N) is 1. The first-order valence-corrected chi connectivity index (χ1v) is 10.5. The quantitative estimate of drug-likeness (QED) is 0.878. The summed E-state index contributed by atoms with van der Waals surface area (Å²) in [4.78, 5) is 20.8. The van der Waals surface area contributed by atoms with Crippen LogP contribution in [0.2, 0.25) is 0 Å². The van der Waals surface area contributed by atoms with E-state index in [-0.39, 0.29) is 11.5 Å². The Bertz CT molecular complexity index is 846. The maximum absolute atomic E-state index is 13.1. The van der Waals surface area contributed by atoms with E-state index in [1.54, 1.807) is 0 Å². The molecule has 3 fully saturated rings. The lowest BCUT2D eigenvalue weighted by molar-refractivity contribution is -0.161. The van der Waals surface area contributed by atoms with Crippen LogP contribution >= 0.6 is 0 Å². The Kier molecular flexibility index (Phi) is 4.87. The predicted molar refractivity (Wildman–Crippen MR) is 107 cm³/mol. The highest BCUT2D eigenvalue weighted by molar-refractivity contribution is 5.88. The highest BCUT2D eigenvalue weighted by Crippen LogP contribution is 2.31. The number of ether oxygens (including phenoxy) is 2. The van der Waals surface area contributed by atoms with Crippen LogP contribution in [0.3, 0.4) is 0 Å². The normalized spacial score (nSPS) is 26.6. The molecule has 0 radical (unpaired) electrons. The second kappa shape index (κ2) is 7.50. The number of aromatic amines is 1. The highest BCUT2D eigenvalue weighted by atomic mass is 16.5. The molecule has 28 heavy (non-hydrogen) atoms. The molecule has 6 nitrogen and oxygen atoms in total. The molecular formula is C22H29N3O3. The van der Waals surface area contributed by atoms with Gasteiger partial charge in [0.15, 0.2) is 0 Å². The Hall–Kier alpha value is -1.89. The van der Waals surface area contributed by atoms with Gasteiger partial charge in [-0.15, -0.1) is 0 Å². The number of carbonyl (C=O) groups excluding carboxylic acids is 1. The lowest BCUT2D eigenvalue weighted by Gasteiger charge is -2.43. The topological polar surface area (TPSA) is 57.8 Å². The summed E-state index contributed by atoms with van der Waals surface area (Å²) in [6.07, 6.45) is 5.08. The number of nitrogens with zero attached hydrogens (tertiary/aromatic N) is 2. The van der Waals surface area contributed by atoms with E-state index in [0.29, 0.717) is 32.7 Å². The SMILES string of the molecule is O=C(Cc1c[nH]c2ccccc12)N1CCOC2(COCCN(CC3CC3)C2)C1. The van der Waals surface area contributed by atoms with Crippen molar-refractivity contribution in [1.82, 2.24) is 14.8 Å². The lowest BCUT2D eigenvalue weighted by Crippen LogP contribution is -2.60. The second-order valence-corrected chi connectivity index (χ2v) is 8.61. The maximum atomic E-state index is 13.1. The summed E-state index contributed by atoms with van der Waals surface area (Å²) in [7, 11) is 0. The molecule has 3 heterocycles. The Morgan fingerprint density at radius 1 is 1.18 bits per heavy atom. The molecule has 1 aromatic carbocycles. The van der Waals surface area contributed by atoms with Crippen LogP contribution in [0.5, 0.6) is 0 Å². The summed E-state index contributed by atoms with van der Waals surface area (Å²) in [6, 6.07) is 8.15. The second-order valence-electron chi connectivity index (χ2n) is 8.61. The summed E-state index contributed by atoms with van der Waals surface area (Å²) in [5, 5.41) is 1.13. The van der Waals surface area contributed by atoms with Crippen molar-refractivity contribution < 1.29 is 14.3 Å². The number of carbonyl (C=O) groups is 1. The van der Waals surface area contributed by atoms with Gasteiger partial charge in [0.2, 0.25) is 5.91 Å². The molecule has 2 aromatic rings. The molecule has 6 heteroatoms. The van der Waals surface area contributed by atoms with Crippen LogP contribution < -0.4 is 0 Å². The van der Waals surface area contributed by atoms with Crippen molar-refractivity contribution in [2.75, 3.05) is 52.5 Å². The van der Waals surface area contributed by atoms with Crippen molar-refractivity contribution in [3.63, 3.8) is 0 Å². The lowest BCUT2D eigenvalue weighted by atomic mass is 10.0. The molecule has 3 aliphatic rings. The summed E-state index contributed by atoms with van der Waals surface area (Å²) < 4.78 is 12.1. The highest BCUT2D eigenvalue weighted by Gasteiger charge is 2.42. The van der Waals surface area contributed by atoms with E-state index < -0.39 is 0 Å². The van der Waals surface area contributed by atoms with Gasteiger partial charge in [-0.1, -0.05) is 18.2 Å². The smallest absolute Gasteiger partial charge is 0.227 e. The Labute approximate surface area is 165 Å². The fourth-order valence-electron chi connectivity index (χ4n) is 4.60. The van der Waals surface area contributed by atoms with E-state index in [1.807, 2.05) is 29.3 Å². The molecule has 1 aromatic heterocycles. The minimum Gasteiger partial charge on any atom is -0.377 e. The minimum absolute atomic E-state index is 0.172. The van der Waals surface area contributed by atoms with Crippen LogP contribution in [0.4, 0.5) is 0 Å². The van der Waals surface area contributed by atoms with E-state index in [1.165, 1.54) is 12.8 Å². The van der Waals surface area contributed by atoms with Crippen molar-refractivity contribution in [2.24, 2.45) is 5.92 Å². The molecule has 1 atom stereocenters. The third-order valence-electron chi connectivity index (χ3n) is 6.26. The third kappa shape index (κ3) is 3.81. The first-order valence-electron chi connectivity index (χ1n) is 10.5. The molecule has 1 aliphatic carbocycles. The molecule has 1 amide bonds. The van der Waals surface area contributed by atoms with Crippen LogP contribution in [0.25, 0.3) is 10.9 Å². The average molecular weight is 383 g/mol. The molecule has 1 saturated carbocycles. The van der Waals surface area contributed by atoms with Crippen molar-refractivity contribution in [1.29, 1.82) is 0 Å². The van der Waals surface area contributed by atoms with Crippen molar-refractivity contribution >= 4 is 16.8 Å². The van der Waals surface area contributed by atoms with Gasteiger partial charge in [-0.25, -0.2) is 0 Å². The van der Waals surface area contributed by atoms with Gasteiger partial charge >= 0.3 is 0 Å². The molecule has 150 valence electrons. The number of amides is 1. The zero-order valence-electron chi connectivity index (χ0n) is 16.4. The van der Waals surface area contributed by atoms with Crippen LogP contribution in [-0.4, -0.2) is 78.8 Å². The number of hydrogen-bond acceptors (Lipinski definition) is 4. The van der Waals surface area contributed by atoms with Gasteiger partial charge in [-0.05, 0) is 30.4 Å². The predicted octanol–water partition coefficient (Wildman–Crippen LogP) is 2.05. The zero-order valence-corrected chi connectivity index (χ0v) is 16.4. The number of hydrogen-bond donors (Lipinski definition) is 1. The number of H-pyrrole nitrogens is 1. The van der Waals surface area contributed by atoms with Crippen LogP contribution in [-0.2, 0) is 20.7 Å². The third-order valence-corrected chi connectivity index (χ3v) is 6.26. The van der Waals surface area contributed by atoms with Crippen molar-refractivity contribution in [3.05, 3.63) is 36.0 Å². The Morgan fingerprint density at radius 3 is 2.96 bits per heavy atom. The largest absolute Gasteiger partial charge is 0.377 e. The number of para-hydroxylation sites is 1. The fraction of sp³-hybridized carbons (Fsp3) is 0.591. The molecule has 2 saturated heterocycles. The monoisotopic (exact) mass is 383 g/mol. The minimum atomic E-state index is -0.389. The summed E-state index contributed by atoms with van der Waals surface area (Å²) in [5.41, 5.74) is 1.75. The van der Waals surface area contributed by atoms with Crippen LogP contribution in [0.15, 0.2) is 30.5 Å². The molecule has 1 spiro atoms. The van der Waals surface area contributed by atoms with Gasteiger partial charge in [-0.2, -0.15) is 0 Å². The summed E-state index contributed by atoms with van der Waals surface area (Å²) in [5.74, 6) is 1.02. The van der Waals surface area contributed by atoms with E-state index in [2.05, 4.69) is 16.0 Å². The van der Waals surface area contributed by atoms with E-state index in [9.17, 15) is 4.79 Å². The Morgan fingerprint density at radius 2 is 2.07 bits per heavy atom. The number of rotatable bonds is 4. The van der Waals surface area contributed by atoms with Gasteiger partial charge in [0.1, 0.15) is 5.60 Å². The molecule has 5 rings (SSSR count). The van der Waals surface area contributed by atoms with Gasteiger partial charge in [0.05, 0.1) is 32.8 Å². The van der Waals surface area contributed by atoms with E-state index in [4.69, 9.17) is 9.47 Å². The number of fused-ring (bicyclic) bond motifs is 1. The van der Waals surface area contributed by atoms with Crippen molar-refractivity contribution in [2.45, 2.75) is 24.9 Å². The fourth-order valence-corrected chi connectivity index (χ4v) is 4.60. The molecular weight excluding hydrogens is 354 g/mol. The van der Waals surface area contributed by atoms with E-state index >= 15 is 0 Å². The molecule has 2 aliphatic heterocycles. The zero-order chi connectivity index (χ0) is 19.0. The standard InChI is InChI=1S/C22H29N3O3/c26-21(11-18-12-23-20-4-2-1-3-19(18)20)25-8-10-28-22(15-25)14-24(7-9-27-16-22)13-17-5-6-17/h1-4,12,17,23H,5-11,13-16H2. The average Bonchev–Trinajstić information content (AvgIpc) is 3.47. The first-order chi connectivity index (χ1) is 13.7. The molecule has 0 bridgehead atoms. The van der Waals surface area contributed by atoms with Crippen LogP contribution in [0.1, 0.15) is 18.4 Å². The van der Waals surface area contributed by atoms with Gasteiger partial charge in [-0.3, -0.25) is 9.69 Å². The van der Waals surface area contributed by atoms with Crippen LogP contribution in [0, 0.1) is 5.92 Å². The number of morpholine rings is 1. The maximum Gasteiger partial charge on any atom is 0.227 e. The van der Waals surface area contributed by atoms with E-state index in [0.717, 1.165) is 48.6 Å². The van der Waals surface area contributed by atoms with Gasteiger partial charge in [0, 0.05) is 43.3 Å². The van der Waals surface area contributed by atoms with Crippen molar-refractivity contribution in [3.8, 4) is 0 Å². The number of benzene rings is 1. The Balaban J connectivity index is 1.28.